The van der Waals surface area contributed by atoms with Crippen LogP contribution in [0.5, 0.6) is 5.75 Å². The fraction of sp³-hybridized carbons (Fsp3) is 0.407. The maximum absolute atomic E-state index is 13.2. The normalized spacial score (nSPS) is 21.7. The second kappa shape index (κ2) is 14.4. The standard InChI is InChI=1S/C27H35ClN14O3/c28-22-24(38-40-30)34-23(37-39-29)21(33-22)25(44)35-26-36-27(16-42(26)31)9-13-41(14-10-27)20(43)6-3-17-1-4-19(5-2-17)45-15-18-7-11-32-12-8-18/h1-2,4-5,7-8,11-12,21,26,33,36H,3,6,9-10,13-16,31H2,(H2,30,38)(H,35,44)(H2,29,34,37). The number of hydrogen-bond donors (Lipinski definition) is 6. The first-order valence-electron chi connectivity index (χ1n) is 14.2. The number of aryl methyl sites for hydroxylation is 1. The SMILES string of the molecule is NN=NC1=NC(N=NN)=C(Cl)NC1C(=O)NC1NC2(CCN(C(=O)CCc3ccc(OCc4ccncc4)cc3)CC2)CN1N. The first-order valence-corrected chi connectivity index (χ1v) is 14.6. The topological polar surface area (TPSA) is 239 Å². The minimum atomic E-state index is -1.12. The summed E-state index contributed by atoms with van der Waals surface area (Å²) in [7, 11) is 0. The number of pyridine rings is 1. The van der Waals surface area contributed by atoms with Crippen LogP contribution in [0.4, 0.5) is 0 Å². The highest BCUT2D eigenvalue weighted by atomic mass is 35.5. The molecule has 0 radical (unpaired) electrons. The van der Waals surface area contributed by atoms with Crippen molar-refractivity contribution in [3.05, 3.63) is 70.9 Å². The quantitative estimate of drug-likeness (QED) is 0.0963. The van der Waals surface area contributed by atoms with Gasteiger partial charge in [-0.1, -0.05) is 34.2 Å². The highest BCUT2D eigenvalue weighted by molar-refractivity contribution is 6.30. The number of likely N-dealkylation sites (tertiary alicyclic amines) is 1. The van der Waals surface area contributed by atoms with Crippen LogP contribution in [0.2, 0.25) is 0 Å². The number of ether oxygens (including phenoxy) is 1. The third-order valence-corrected chi connectivity index (χ3v) is 8.12. The smallest absolute Gasteiger partial charge is 0.252 e. The van der Waals surface area contributed by atoms with Crippen LogP contribution in [0.25, 0.3) is 0 Å². The summed E-state index contributed by atoms with van der Waals surface area (Å²) >= 11 is 6.14. The summed E-state index contributed by atoms with van der Waals surface area (Å²) in [5.41, 5.74) is 1.73. The molecule has 1 aromatic carbocycles. The Labute approximate surface area is 263 Å². The lowest BCUT2D eigenvalue weighted by Gasteiger charge is -2.39. The number of amidine groups is 1. The second-order valence-corrected chi connectivity index (χ2v) is 11.2. The number of carbonyl (C=O) groups is 2. The maximum atomic E-state index is 13.2. The van der Waals surface area contributed by atoms with Crippen molar-refractivity contribution in [3.8, 4) is 5.75 Å². The summed E-state index contributed by atoms with van der Waals surface area (Å²) < 4.78 is 5.83. The molecule has 45 heavy (non-hydrogen) atoms. The van der Waals surface area contributed by atoms with E-state index in [1.165, 1.54) is 5.01 Å². The van der Waals surface area contributed by atoms with Crippen LogP contribution in [0.3, 0.4) is 0 Å². The fourth-order valence-electron chi connectivity index (χ4n) is 5.41. The first kappa shape index (κ1) is 31.7. The number of nitrogens with two attached hydrogens (primary N) is 3. The highest BCUT2D eigenvalue weighted by Crippen LogP contribution is 2.28. The summed E-state index contributed by atoms with van der Waals surface area (Å²) in [6.45, 7) is 2.07. The van der Waals surface area contributed by atoms with Gasteiger partial charge in [0.05, 0.1) is 0 Å². The minimum Gasteiger partial charge on any atom is -0.489 e. The Kier molecular flexibility index (Phi) is 10.1. The van der Waals surface area contributed by atoms with Crippen LogP contribution >= 0.6 is 11.6 Å². The van der Waals surface area contributed by atoms with Crippen molar-refractivity contribution in [3.63, 3.8) is 0 Å². The summed E-state index contributed by atoms with van der Waals surface area (Å²) in [5.74, 6) is 16.7. The molecule has 18 heteroatoms. The molecule has 238 valence electrons. The highest BCUT2D eigenvalue weighted by Gasteiger charge is 2.46. The molecule has 5 rings (SSSR count). The van der Waals surface area contributed by atoms with E-state index in [-0.39, 0.29) is 28.3 Å². The molecule has 2 aromatic rings. The molecule has 9 N–H and O–H groups in total. The Morgan fingerprint density at radius 2 is 1.78 bits per heavy atom. The molecule has 1 spiro atoms. The molecule has 2 saturated heterocycles. The van der Waals surface area contributed by atoms with Gasteiger partial charge in [-0.25, -0.2) is 10.0 Å². The average molecular weight is 639 g/mol. The number of hydrazine groups is 1. The van der Waals surface area contributed by atoms with Crippen molar-refractivity contribution < 1.29 is 14.3 Å². The number of hydrogen-bond acceptors (Lipinski definition) is 13. The summed E-state index contributed by atoms with van der Waals surface area (Å²) in [4.78, 5) is 36.1. The molecule has 0 saturated carbocycles. The average Bonchev–Trinajstić information content (AvgIpc) is 3.35. The number of nitrogens with zero attached hydrogens (tertiary/aromatic N) is 8. The number of rotatable bonds is 9. The van der Waals surface area contributed by atoms with Crippen molar-refractivity contribution in [2.24, 2.45) is 43.2 Å². The summed E-state index contributed by atoms with van der Waals surface area (Å²) in [6, 6.07) is 10.5. The lowest BCUT2D eigenvalue weighted by molar-refractivity contribution is -0.132. The Hall–Kier alpha value is -4.71. The van der Waals surface area contributed by atoms with E-state index in [1.54, 1.807) is 12.4 Å². The van der Waals surface area contributed by atoms with Gasteiger partial charge in [0.25, 0.3) is 5.91 Å². The largest absolute Gasteiger partial charge is 0.489 e. The van der Waals surface area contributed by atoms with E-state index in [4.69, 9.17) is 33.9 Å². The monoisotopic (exact) mass is 638 g/mol. The molecule has 17 nitrogen and oxygen atoms in total. The number of piperidine rings is 1. The number of carbonyl (C=O) groups excluding carboxylic acids is 2. The molecule has 2 atom stereocenters. The van der Waals surface area contributed by atoms with Crippen molar-refractivity contribution in [1.82, 2.24) is 30.8 Å². The van der Waals surface area contributed by atoms with Gasteiger partial charge in [-0.15, -0.1) is 10.2 Å². The van der Waals surface area contributed by atoms with Crippen LogP contribution in [0.15, 0.2) is 85.4 Å². The number of amides is 2. The molecule has 2 fully saturated rings. The lowest BCUT2D eigenvalue weighted by Crippen LogP contribution is -2.60. The van der Waals surface area contributed by atoms with Crippen LogP contribution in [0, 0.1) is 0 Å². The van der Waals surface area contributed by atoms with Gasteiger partial charge < -0.3 is 32.0 Å². The van der Waals surface area contributed by atoms with Crippen LogP contribution in [-0.4, -0.2) is 70.0 Å². The summed E-state index contributed by atoms with van der Waals surface area (Å²) in [5, 5.41) is 24.1. The Bertz CT molecular complexity index is 1480. The van der Waals surface area contributed by atoms with E-state index in [0.29, 0.717) is 51.9 Å². The van der Waals surface area contributed by atoms with Crippen molar-refractivity contribution in [1.29, 1.82) is 0 Å². The lowest BCUT2D eigenvalue weighted by atomic mass is 9.88. The first-order chi connectivity index (χ1) is 21.8. The zero-order valence-corrected chi connectivity index (χ0v) is 25.1. The summed E-state index contributed by atoms with van der Waals surface area (Å²) in [6.07, 6.45) is 5.15. The Morgan fingerprint density at radius 3 is 2.47 bits per heavy atom. The molecule has 1 aromatic heterocycles. The number of aromatic nitrogens is 1. The molecule has 3 aliphatic rings. The predicted octanol–water partition coefficient (Wildman–Crippen LogP) is 0.521. The zero-order valence-electron chi connectivity index (χ0n) is 24.3. The van der Waals surface area contributed by atoms with Crippen molar-refractivity contribution >= 4 is 29.3 Å². The molecule has 2 amide bonds. The van der Waals surface area contributed by atoms with Gasteiger partial charge in [0.15, 0.2) is 17.0 Å². The number of halogens is 1. The molecule has 0 aliphatic carbocycles. The van der Waals surface area contributed by atoms with E-state index in [9.17, 15) is 9.59 Å². The minimum absolute atomic E-state index is 0.0548. The predicted molar refractivity (Wildman–Crippen MR) is 163 cm³/mol. The third kappa shape index (κ3) is 7.88. The van der Waals surface area contributed by atoms with E-state index >= 15 is 0 Å². The molecular weight excluding hydrogens is 604 g/mol. The second-order valence-electron chi connectivity index (χ2n) is 10.8. The van der Waals surface area contributed by atoms with Gasteiger partial charge in [-0.05, 0) is 54.7 Å². The Balaban J connectivity index is 1.08. The van der Waals surface area contributed by atoms with Crippen LogP contribution in [-0.2, 0) is 22.6 Å². The maximum Gasteiger partial charge on any atom is 0.252 e. The number of benzene rings is 1. The van der Waals surface area contributed by atoms with E-state index in [2.05, 4.69) is 46.6 Å². The number of aliphatic imine (C=N–C) groups is 1. The van der Waals surface area contributed by atoms with E-state index in [0.717, 1.165) is 16.9 Å². The van der Waals surface area contributed by atoms with Gasteiger partial charge in [-0.2, -0.15) is 0 Å². The van der Waals surface area contributed by atoms with Crippen molar-refractivity contribution in [2.45, 2.75) is 50.2 Å². The van der Waals surface area contributed by atoms with E-state index < -0.39 is 18.2 Å². The number of nitrogens with one attached hydrogen (secondary N) is 3. The van der Waals surface area contributed by atoms with Gasteiger partial charge in [0, 0.05) is 44.0 Å². The van der Waals surface area contributed by atoms with Crippen LogP contribution in [0.1, 0.15) is 30.4 Å². The molecule has 4 heterocycles. The van der Waals surface area contributed by atoms with E-state index in [1.807, 2.05) is 41.3 Å². The van der Waals surface area contributed by atoms with Gasteiger partial charge in [0.1, 0.15) is 18.6 Å². The molecule has 0 bridgehead atoms. The molecule has 3 aliphatic heterocycles. The van der Waals surface area contributed by atoms with Crippen molar-refractivity contribution in [2.75, 3.05) is 19.6 Å². The van der Waals surface area contributed by atoms with Gasteiger partial charge in [0.2, 0.25) is 11.7 Å². The third-order valence-electron chi connectivity index (χ3n) is 7.84. The fourth-order valence-corrected chi connectivity index (χ4v) is 5.60. The van der Waals surface area contributed by atoms with Gasteiger partial charge >= 0.3 is 0 Å². The Morgan fingerprint density at radius 1 is 1.07 bits per heavy atom. The van der Waals surface area contributed by atoms with Gasteiger partial charge in [-0.3, -0.25) is 25.7 Å². The molecular formula is C27H35ClN14O3. The van der Waals surface area contributed by atoms with Crippen LogP contribution < -0.4 is 38.2 Å². The molecule has 2 unspecified atom stereocenters. The zero-order chi connectivity index (χ0) is 31.8.